The van der Waals surface area contributed by atoms with Gasteiger partial charge in [0.05, 0.1) is 7.11 Å². The van der Waals surface area contributed by atoms with E-state index in [0.29, 0.717) is 11.3 Å². The van der Waals surface area contributed by atoms with Crippen molar-refractivity contribution in [2.45, 2.75) is 20.0 Å². The number of carbonyl (C=O) groups excluding carboxylic acids is 1. The van der Waals surface area contributed by atoms with Crippen LogP contribution in [0.1, 0.15) is 27.2 Å². The van der Waals surface area contributed by atoms with E-state index in [0.717, 1.165) is 39.7 Å². The van der Waals surface area contributed by atoms with Gasteiger partial charge in [-0.05, 0) is 49.2 Å². The molecule has 0 saturated carbocycles. The van der Waals surface area contributed by atoms with Crippen molar-refractivity contribution < 1.29 is 22.7 Å². The lowest BCUT2D eigenvalue weighted by Crippen LogP contribution is -2.25. The summed E-state index contributed by atoms with van der Waals surface area (Å²) in [6.07, 6.45) is -0.739. The predicted molar refractivity (Wildman–Crippen MR) is 125 cm³/mol. The second-order valence-corrected chi connectivity index (χ2v) is 8.13. The number of carbonyl (C=O) groups is 1. The molecule has 3 heterocycles. The number of hydrogen-bond acceptors (Lipinski definition) is 7. The molecule has 1 N–H and O–H groups in total. The van der Waals surface area contributed by atoms with Crippen LogP contribution in [0.3, 0.4) is 0 Å². The molecule has 36 heavy (non-hydrogen) atoms. The van der Waals surface area contributed by atoms with E-state index in [4.69, 9.17) is 0 Å². The Labute approximate surface area is 203 Å². The quantitative estimate of drug-likeness (QED) is 0.412. The van der Waals surface area contributed by atoms with E-state index in [1.165, 1.54) is 25.5 Å². The van der Waals surface area contributed by atoms with Crippen molar-refractivity contribution in [1.82, 2.24) is 24.3 Å². The molecule has 0 bridgehead atoms. The molecule has 12 heteroatoms. The number of nitrogens with zero attached hydrogens (tertiary/aromatic N) is 5. The Kier molecular flexibility index (Phi) is 6.35. The summed E-state index contributed by atoms with van der Waals surface area (Å²) in [7, 11) is 2.57. The molecule has 0 aliphatic rings. The lowest BCUT2D eigenvalue weighted by Gasteiger charge is -2.14. The number of methoxy groups -OCH3 is 1. The van der Waals surface area contributed by atoms with E-state index in [1.54, 1.807) is 0 Å². The van der Waals surface area contributed by atoms with Crippen molar-refractivity contribution in [3.05, 3.63) is 81.7 Å². The fourth-order valence-electron chi connectivity index (χ4n) is 3.70. The summed E-state index contributed by atoms with van der Waals surface area (Å²) in [5.74, 6) is -0.742. The number of benzene rings is 1. The van der Waals surface area contributed by atoms with Gasteiger partial charge in [0, 0.05) is 42.5 Å². The highest BCUT2D eigenvalue weighted by Crippen LogP contribution is 2.30. The van der Waals surface area contributed by atoms with Crippen LogP contribution < -0.4 is 10.9 Å². The van der Waals surface area contributed by atoms with Crippen LogP contribution in [0.4, 0.5) is 24.8 Å². The molecule has 0 saturated heterocycles. The Bertz CT molecular complexity index is 1500. The van der Waals surface area contributed by atoms with Crippen LogP contribution in [0, 0.1) is 13.8 Å². The molecule has 3 aromatic heterocycles. The third-order valence-corrected chi connectivity index (χ3v) is 5.24. The molecule has 0 aliphatic carbocycles. The standard InChI is InChI=1S/C24H21F3N6O3/c1-13-7-14(2)9-16(8-13)29-23-28-11-18(15-10-17(22(35)36-4)21(34)32(3)12-15)20(30-23)33-6-5-19(31-33)24(25,26)27/h5-12H,1-4H3,(H,28,29,30). The predicted octanol–water partition coefficient (Wildman–Crippen LogP) is 4.19. The van der Waals surface area contributed by atoms with Gasteiger partial charge in [0.2, 0.25) is 5.95 Å². The number of halogens is 3. The van der Waals surface area contributed by atoms with Crippen LogP contribution in [0.25, 0.3) is 16.9 Å². The van der Waals surface area contributed by atoms with E-state index in [-0.39, 0.29) is 22.9 Å². The molecule has 9 nitrogen and oxygen atoms in total. The molecule has 4 rings (SSSR count). The molecule has 0 fully saturated rings. The Hall–Kier alpha value is -4.48. The first kappa shape index (κ1) is 24.6. The molecular formula is C24H21F3N6O3. The van der Waals surface area contributed by atoms with Gasteiger partial charge in [-0.1, -0.05) is 6.07 Å². The minimum absolute atomic E-state index is 0.00170. The van der Waals surface area contributed by atoms with E-state index in [2.05, 4.69) is 25.1 Å². The Balaban J connectivity index is 1.89. The van der Waals surface area contributed by atoms with E-state index in [9.17, 15) is 22.8 Å². The monoisotopic (exact) mass is 498 g/mol. The lowest BCUT2D eigenvalue weighted by atomic mass is 10.1. The highest BCUT2D eigenvalue weighted by atomic mass is 19.4. The number of nitrogens with one attached hydrogen (secondary N) is 1. The van der Waals surface area contributed by atoms with Gasteiger partial charge in [-0.15, -0.1) is 0 Å². The topological polar surface area (TPSA) is 104 Å². The van der Waals surface area contributed by atoms with Crippen LogP contribution in [-0.2, 0) is 18.0 Å². The van der Waals surface area contributed by atoms with Crippen LogP contribution in [-0.4, -0.2) is 37.4 Å². The Morgan fingerprint density at radius 2 is 1.81 bits per heavy atom. The number of aryl methyl sites for hydroxylation is 3. The fourth-order valence-corrected chi connectivity index (χ4v) is 3.70. The summed E-state index contributed by atoms with van der Waals surface area (Å²) in [4.78, 5) is 33.3. The first-order valence-corrected chi connectivity index (χ1v) is 10.6. The molecule has 0 unspecified atom stereocenters. The van der Waals surface area contributed by atoms with Crippen LogP contribution in [0.2, 0.25) is 0 Å². The van der Waals surface area contributed by atoms with E-state index >= 15 is 0 Å². The van der Waals surface area contributed by atoms with Gasteiger partial charge < -0.3 is 14.6 Å². The normalized spacial score (nSPS) is 11.4. The average Bonchev–Trinajstić information content (AvgIpc) is 3.30. The number of pyridine rings is 1. The third-order valence-electron chi connectivity index (χ3n) is 5.24. The first-order valence-electron chi connectivity index (χ1n) is 10.6. The van der Waals surface area contributed by atoms with Crippen molar-refractivity contribution in [1.29, 1.82) is 0 Å². The van der Waals surface area contributed by atoms with Crippen LogP contribution in [0.15, 0.2) is 53.7 Å². The molecule has 0 atom stereocenters. The van der Waals surface area contributed by atoms with Gasteiger partial charge in [0.15, 0.2) is 11.5 Å². The zero-order valence-corrected chi connectivity index (χ0v) is 19.7. The van der Waals surface area contributed by atoms with Gasteiger partial charge in [0.25, 0.3) is 5.56 Å². The summed E-state index contributed by atoms with van der Waals surface area (Å²) in [5, 5.41) is 6.70. The van der Waals surface area contributed by atoms with Crippen molar-refractivity contribution in [2.75, 3.05) is 12.4 Å². The number of anilines is 2. The highest BCUT2D eigenvalue weighted by molar-refractivity contribution is 5.90. The van der Waals surface area contributed by atoms with Gasteiger partial charge in [-0.2, -0.15) is 23.3 Å². The molecular weight excluding hydrogens is 477 g/mol. The summed E-state index contributed by atoms with van der Waals surface area (Å²) in [5.41, 5.74) is 1.27. The first-order chi connectivity index (χ1) is 17.0. The van der Waals surface area contributed by atoms with Gasteiger partial charge in [0.1, 0.15) is 5.56 Å². The van der Waals surface area contributed by atoms with Crippen LogP contribution in [0.5, 0.6) is 0 Å². The maximum atomic E-state index is 13.3. The lowest BCUT2D eigenvalue weighted by molar-refractivity contribution is -0.141. The molecule has 0 spiro atoms. The van der Waals surface area contributed by atoms with Crippen molar-refractivity contribution in [3.8, 4) is 16.9 Å². The molecule has 1 aromatic carbocycles. The zero-order valence-electron chi connectivity index (χ0n) is 19.7. The number of aromatic nitrogens is 5. The highest BCUT2D eigenvalue weighted by Gasteiger charge is 2.34. The number of alkyl halides is 3. The van der Waals surface area contributed by atoms with E-state index < -0.39 is 23.4 Å². The Morgan fingerprint density at radius 1 is 1.11 bits per heavy atom. The van der Waals surface area contributed by atoms with Crippen molar-refractivity contribution in [2.24, 2.45) is 7.05 Å². The summed E-state index contributed by atoms with van der Waals surface area (Å²) >= 11 is 0. The zero-order chi connectivity index (χ0) is 26.2. The van der Waals surface area contributed by atoms with E-state index in [1.807, 2.05) is 32.0 Å². The molecule has 186 valence electrons. The minimum Gasteiger partial charge on any atom is -0.465 e. The number of rotatable bonds is 5. The fraction of sp³-hybridized carbons (Fsp3) is 0.208. The third kappa shape index (κ3) is 4.97. The summed E-state index contributed by atoms with van der Waals surface area (Å²) in [6.45, 7) is 3.85. The van der Waals surface area contributed by atoms with Gasteiger partial charge in [-0.3, -0.25) is 4.79 Å². The molecule has 0 amide bonds. The number of esters is 1. The molecule has 0 aliphatic heterocycles. The SMILES string of the molecule is COC(=O)c1cc(-c2cnc(Nc3cc(C)cc(C)c3)nc2-n2ccc(C(F)(F)F)n2)cn(C)c1=O. The average molecular weight is 498 g/mol. The molecule has 0 radical (unpaired) electrons. The maximum absolute atomic E-state index is 13.3. The van der Waals surface area contributed by atoms with Crippen LogP contribution >= 0.6 is 0 Å². The number of ether oxygens (including phenoxy) is 1. The smallest absolute Gasteiger partial charge is 0.435 e. The maximum Gasteiger partial charge on any atom is 0.435 e. The van der Waals surface area contributed by atoms with Gasteiger partial charge in [-0.25, -0.2) is 14.5 Å². The summed E-state index contributed by atoms with van der Waals surface area (Å²) in [6, 6.07) is 7.83. The summed E-state index contributed by atoms with van der Waals surface area (Å²) < 4.78 is 46.6. The second kappa shape index (κ2) is 9.29. The Morgan fingerprint density at radius 3 is 2.42 bits per heavy atom. The second-order valence-electron chi connectivity index (χ2n) is 8.13. The largest absolute Gasteiger partial charge is 0.465 e. The van der Waals surface area contributed by atoms with Gasteiger partial charge >= 0.3 is 12.1 Å². The number of hydrogen-bond donors (Lipinski definition) is 1. The minimum atomic E-state index is -4.66. The van der Waals surface area contributed by atoms with Crippen molar-refractivity contribution >= 4 is 17.6 Å². The van der Waals surface area contributed by atoms with Crippen molar-refractivity contribution in [3.63, 3.8) is 0 Å². The molecule has 4 aromatic rings.